The Hall–Kier alpha value is -2.77. The van der Waals surface area contributed by atoms with Crippen LogP contribution in [0.15, 0.2) is 0 Å². The minimum atomic E-state index is -3.19. The minimum absolute atomic E-state index is 0.0399. The highest BCUT2D eigenvalue weighted by Gasteiger charge is 2.58. The van der Waals surface area contributed by atoms with E-state index in [2.05, 4.69) is 28.6 Å². The second-order valence-electron chi connectivity index (χ2n) is 19.2. The zero-order valence-corrected chi connectivity index (χ0v) is 46.9. The van der Waals surface area contributed by atoms with Crippen LogP contribution in [0.1, 0.15) is 58.8 Å². The lowest BCUT2D eigenvalue weighted by atomic mass is 9.89. The van der Waals surface area contributed by atoms with Crippen LogP contribution in [0.25, 0.3) is 0 Å². The molecular formula is C47H88N4O29S. The molecule has 3 amide bonds. The van der Waals surface area contributed by atoms with Crippen LogP contribution in [-0.2, 0) is 66.6 Å². The summed E-state index contributed by atoms with van der Waals surface area (Å²) in [6.07, 6.45) is -40.3. The lowest BCUT2D eigenvalue weighted by Gasteiger charge is -2.48. The monoisotopic (exact) mass is 1200 g/mol. The Morgan fingerprint density at radius 1 is 0.753 bits per heavy atom. The first-order chi connectivity index (χ1) is 38.3. The number of nitrogens with zero attached hydrogens (tertiary/aromatic N) is 1. The standard InChI is InChI=1S/C47H88N4O29S/c1-22(57)49-32-27(62)19-47(46(69)70,79-29(32)18-24(59)20-55)80-41(38(68)45(73-5)78-40-30(21-56)75-42(36(66)35(40)65)51(74-6)13-12-48-31(63)8-7-17-81)28(11-16-54)76-43(71-3)33(50-23(2)58)39(26(61)10-15-53)77-44(72-4)37(67)34(64)25(60)9-14-52/h24-30,32-45,52-56,59-62,64-68,81H,7-21H2,1-6H3,(H,48,63)(H,49,57)(H,50,58)(H,69,70)/t24-,25-,26-,27?,28-,29?,30?,32+,33?,34?,35?,36?,37?,38?,39?,40+,41?,42+,43-,44-,45-,47-/m0/s1. The summed E-state index contributed by atoms with van der Waals surface area (Å²) in [4.78, 5) is 56.6. The van der Waals surface area contributed by atoms with E-state index in [1.165, 1.54) is 7.11 Å². The number of rotatable bonds is 41. The fourth-order valence-corrected chi connectivity index (χ4v) is 9.27. The van der Waals surface area contributed by atoms with Gasteiger partial charge in [0.2, 0.25) is 17.7 Å². The molecule has 0 saturated carbocycles. The molecule has 2 fully saturated rings. The number of hydrogen-bond donors (Lipinski definition) is 19. The molecule has 0 bridgehead atoms. The van der Waals surface area contributed by atoms with Gasteiger partial charge in [-0.1, -0.05) is 0 Å². The number of hydrogen-bond acceptors (Lipinski definition) is 30. The number of amides is 3. The Morgan fingerprint density at radius 3 is 1.89 bits per heavy atom. The topological polar surface area (TPSA) is 503 Å². The molecule has 0 radical (unpaired) electrons. The highest BCUT2D eigenvalue weighted by atomic mass is 32.1. The van der Waals surface area contributed by atoms with Gasteiger partial charge in [-0.25, -0.2) is 4.79 Å². The lowest BCUT2D eigenvalue weighted by molar-refractivity contribution is -0.364. The molecule has 0 aliphatic carbocycles. The minimum Gasteiger partial charge on any atom is -0.477 e. The van der Waals surface area contributed by atoms with Crippen molar-refractivity contribution in [2.24, 2.45) is 0 Å². The predicted octanol–water partition coefficient (Wildman–Crippen LogP) is -8.79. The smallest absolute Gasteiger partial charge is 0.364 e. The summed E-state index contributed by atoms with van der Waals surface area (Å²) in [5.41, 5.74) is 0. The number of nitrogens with one attached hydrogen (secondary N) is 3. The third kappa shape index (κ3) is 21.9. The molecule has 2 aliphatic rings. The molecule has 0 aromatic rings. The van der Waals surface area contributed by atoms with E-state index in [0.29, 0.717) is 12.2 Å². The summed E-state index contributed by atoms with van der Waals surface area (Å²) >= 11 is 4.09. The maximum atomic E-state index is 13.7. The zero-order chi connectivity index (χ0) is 61.3. The number of aliphatic hydroxyl groups excluding tert-OH is 14. The third-order valence-electron chi connectivity index (χ3n) is 13.2. The number of ether oxygens (including phenoxy) is 9. The van der Waals surface area contributed by atoms with Gasteiger partial charge < -0.3 is 135 Å². The van der Waals surface area contributed by atoms with Crippen LogP contribution in [0.3, 0.4) is 0 Å². The fraction of sp³-hybridized carbons (Fsp3) is 0.915. The quantitative estimate of drug-likeness (QED) is 0.0154. The second-order valence-corrected chi connectivity index (χ2v) is 19.6. The van der Waals surface area contributed by atoms with Gasteiger partial charge in [0.15, 0.2) is 25.1 Å². The molecule has 0 spiro atoms. The Labute approximate surface area is 473 Å². The van der Waals surface area contributed by atoms with E-state index in [9.17, 15) is 95.8 Å². The first-order valence-electron chi connectivity index (χ1n) is 26.0. The normalized spacial score (nSPS) is 28.3. The summed E-state index contributed by atoms with van der Waals surface area (Å²) < 4.78 is 52.9. The third-order valence-corrected chi connectivity index (χ3v) is 13.5. The summed E-state index contributed by atoms with van der Waals surface area (Å²) in [5.74, 6) is -6.75. The predicted molar refractivity (Wildman–Crippen MR) is 273 cm³/mol. The summed E-state index contributed by atoms with van der Waals surface area (Å²) in [6.45, 7) is -2.36. The Bertz CT molecular complexity index is 1810. The number of carboxylic acid groups (broad SMARTS) is 1. The van der Waals surface area contributed by atoms with Crippen molar-refractivity contribution in [1.29, 1.82) is 0 Å². The van der Waals surface area contributed by atoms with Gasteiger partial charge in [0, 0.05) is 87.3 Å². The number of aliphatic hydroxyl groups is 14. The number of aliphatic carboxylic acids is 1. The molecule has 2 aliphatic heterocycles. The van der Waals surface area contributed by atoms with E-state index in [4.69, 9.17) is 47.5 Å². The molecule has 33 nitrogen and oxygen atoms in total. The number of carboxylic acids is 1. The Balaban J connectivity index is 2.90. The maximum Gasteiger partial charge on any atom is 0.364 e. The van der Waals surface area contributed by atoms with Crippen molar-refractivity contribution in [2.45, 2.75) is 193 Å². The van der Waals surface area contributed by atoms with E-state index < -0.39 is 217 Å². The summed E-state index contributed by atoms with van der Waals surface area (Å²) in [7, 11) is 4.07. The lowest BCUT2D eigenvalue weighted by Crippen LogP contribution is -2.67. The molecule has 34 heteroatoms. The van der Waals surface area contributed by atoms with E-state index in [-0.39, 0.29) is 25.4 Å². The van der Waals surface area contributed by atoms with Gasteiger partial charge in [-0.2, -0.15) is 17.7 Å². The molecule has 18 N–H and O–H groups in total. The van der Waals surface area contributed by atoms with E-state index >= 15 is 0 Å². The van der Waals surface area contributed by atoms with Crippen LogP contribution in [0, 0.1) is 0 Å². The SMILES string of the molecule is CO[C@@H](O[C@@H]1C(CO)O[C@@H](N(CCNC(=O)CCCS)OC)C(O)C1O)C(O)C(O[C@]1(C(=O)O)CC(O)[C@@H](NC(C)=O)C(C[C@H](O)CO)O1)[C@H](CCO)O[C@H](OC)C(NC(C)=O)C(O[C@H](OC)C(O)C(O)[C@@H](O)CCO)[C@@H](O)CCO. The van der Waals surface area contributed by atoms with E-state index in [1.807, 2.05) is 0 Å². The number of carbonyl (C=O) groups excluding carboxylic acids is 3. The molecule has 0 aromatic carbocycles. The van der Waals surface area contributed by atoms with Crippen molar-refractivity contribution < 1.29 is 143 Å². The molecule has 2 heterocycles. The number of thiol groups is 1. The van der Waals surface area contributed by atoms with Gasteiger partial charge in [0.1, 0.15) is 61.0 Å². The van der Waals surface area contributed by atoms with Crippen LogP contribution in [-0.4, -0.2) is 320 Å². The molecule has 22 atom stereocenters. The number of hydroxylamine groups is 2. The van der Waals surface area contributed by atoms with Crippen molar-refractivity contribution in [3.05, 3.63) is 0 Å². The van der Waals surface area contributed by atoms with Gasteiger partial charge in [0.05, 0.1) is 63.0 Å². The van der Waals surface area contributed by atoms with Crippen LogP contribution in [0.4, 0.5) is 0 Å². The fourth-order valence-electron chi connectivity index (χ4n) is 9.11. The van der Waals surface area contributed by atoms with E-state index in [0.717, 1.165) is 40.2 Å². The van der Waals surface area contributed by atoms with Crippen LogP contribution >= 0.6 is 12.6 Å². The van der Waals surface area contributed by atoms with Crippen LogP contribution in [0.5, 0.6) is 0 Å². The highest BCUT2D eigenvalue weighted by molar-refractivity contribution is 7.80. The summed E-state index contributed by atoms with van der Waals surface area (Å²) in [6, 6.07) is -3.37. The molecule has 11 unspecified atom stereocenters. The summed E-state index contributed by atoms with van der Waals surface area (Å²) in [5, 5.41) is 171. The van der Waals surface area contributed by atoms with Crippen molar-refractivity contribution in [3.8, 4) is 0 Å². The Morgan fingerprint density at radius 2 is 1.37 bits per heavy atom. The van der Waals surface area contributed by atoms with E-state index in [1.54, 1.807) is 0 Å². The van der Waals surface area contributed by atoms with Crippen LogP contribution < -0.4 is 16.0 Å². The van der Waals surface area contributed by atoms with Gasteiger partial charge in [-0.15, -0.1) is 0 Å². The number of carbonyl (C=O) groups is 4. The van der Waals surface area contributed by atoms with Crippen molar-refractivity contribution in [3.63, 3.8) is 0 Å². The van der Waals surface area contributed by atoms with Gasteiger partial charge >= 0.3 is 5.97 Å². The average molecular weight is 1210 g/mol. The number of methoxy groups -OCH3 is 3. The first kappa shape index (κ1) is 74.3. The maximum absolute atomic E-state index is 13.7. The van der Waals surface area contributed by atoms with Crippen LogP contribution in [0.2, 0.25) is 0 Å². The van der Waals surface area contributed by atoms with Gasteiger partial charge in [-0.3, -0.25) is 19.2 Å². The molecule has 81 heavy (non-hydrogen) atoms. The molecule has 0 aromatic heterocycles. The first-order valence-corrected chi connectivity index (χ1v) is 26.7. The highest BCUT2D eigenvalue weighted by Crippen LogP contribution is 2.38. The molecule has 476 valence electrons. The molecule has 2 saturated heterocycles. The van der Waals surface area contributed by atoms with Crippen molar-refractivity contribution in [2.75, 3.05) is 80.3 Å². The Kier molecular flexibility index (Phi) is 34.5. The van der Waals surface area contributed by atoms with Crippen molar-refractivity contribution in [1.82, 2.24) is 21.0 Å². The molecular weight excluding hydrogens is 1120 g/mol. The second kappa shape index (κ2) is 37.6. The largest absolute Gasteiger partial charge is 0.477 e. The van der Waals surface area contributed by atoms with Gasteiger partial charge in [-0.05, 0) is 31.4 Å². The van der Waals surface area contributed by atoms with Gasteiger partial charge in [0.25, 0.3) is 5.79 Å². The van der Waals surface area contributed by atoms with Crippen molar-refractivity contribution >= 4 is 36.3 Å². The molecule has 2 rings (SSSR count). The zero-order valence-electron chi connectivity index (χ0n) is 46.0. The average Bonchev–Trinajstić information content (AvgIpc) is 3.46.